The zero-order valence-electron chi connectivity index (χ0n) is 6.18. The molecule has 0 bridgehead atoms. The van der Waals surface area contributed by atoms with E-state index in [1.54, 1.807) is 0 Å². The molecule has 1 saturated carbocycles. The van der Waals surface area contributed by atoms with Crippen molar-refractivity contribution in [3.63, 3.8) is 0 Å². The number of hydrogen-bond donors (Lipinski definition) is 1. The summed E-state index contributed by atoms with van der Waals surface area (Å²) >= 11 is 0. The quantitative estimate of drug-likeness (QED) is 0.606. The van der Waals surface area contributed by atoms with Crippen LogP contribution in [0.2, 0.25) is 0 Å². The minimum absolute atomic E-state index is 0. The second-order valence-electron chi connectivity index (χ2n) is 3.23. The van der Waals surface area contributed by atoms with Gasteiger partial charge < -0.3 is 5.73 Å². The molecule has 0 unspecified atom stereocenters. The lowest BCUT2D eigenvalue weighted by atomic mass is 9.68. The summed E-state index contributed by atoms with van der Waals surface area (Å²) in [6, 6.07) is 0. The van der Waals surface area contributed by atoms with Crippen molar-refractivity contribution in [3.05, 3.63) is 0 Å². The van der Waals surface area contributed by atoms with Crippen molar-refractivity contribution >= 4 is 12.4 Å². The van der Waals surface area contributed by atoms with Crippen LogP contribution in [0.4, 0.5) is 0 Å². The summed E-state index contributed by atoms with van der Waals surface area (Å²) in [6.45, 7) is 4.44. The first-order valence-electron chi connectivity index (χ1n) is 3.45. The Morgan fingerprint density at radius 2 is 2.00 bits per heavy atom. The zero-order chi connectivity index (χ0) is 6.20. The highest BCUT2D eigenvalue weighted by molar-refractivity contribution is 5.85. The fourth-order valence-corrected chi connectivity index (χ4v) is 1.62. The van der Waals surface area contributed by atoms with Crippen LogP contribution in [0.5, 0.6) is 0 Å². The highest BCUT2D eigenvalue weighted by Gasteiger charge is 2.36. The lowest BCUT2D eigenvalue weighted by Crippen LogP contribution is -2.50. The van der Waals surface area contributed by atoms with Crippen LogP contribution in [0.1, 0.15) is 33.1 Å². The standard InChI is InChI=1S/C7H15N.ClH/c1-3-7(8)4-6(2)5-7;/h6H,3-5,8H2,1-2H3;1H. The first-order chi connectivity index (χ1) is 3.66. The fourth-order valence-electron chi connectivity index (χ4n) is 1.62. The van der Waals surface area contributed by atoms with E-state index >= 15 is 0 Å². The lowest BCUT2D eigenvalue weighted by Gasteiger charge is -2.42. The lowest BCUT2D eigenvalue weighted by molar-refractivity contribution is 0.158. The monoisotopic (exact) mass is 149 g/mol. The van der Waals surface area contributed by atoms with Crippen molar-refractivity contribution < 1.29 is 0 Å². The molecule has 9 heavy (non-hydrogen) atoms. The second-order valence-corrected chi connectivity index (χ2v) is 3.23. The molecule has 0 aliphatic heterocycles. The molecule has 0 atom stereocenters. The SMILES string of the molecule is CCC1(N)CC(C)C1.Cl. The van der Waals surface area contributed by atoms with Crippen LogP contribution in [0.3, 0.4) is 0 Å². The highest BCUT2D eigenvalue weighted by atomic mass is 35.5. The first kappa shape index (κ1) is 9.25. The summed E-state index contributed by atoms with van der Waals surface area (Å²) in [7, 11) is 0. The van der Waals surface area contributed by atoms with Crippen LogP contribution in [0.25, 0.3) is 0 Å². The van der Waals surface area contributed by atoms with Gasteiger partial charge in [-0.05, 0) is 25.2 Å². The van der Waals surface area contributed by atoms with Gasteiger partial charge in [-0.15, -0.1) is 12.4 Å². The van der Waals surface area contributed by atoms with Gasteiger partial charge in [0.05, 0.1) is 0 Å². The molecule has 1 rings (SSSR count). The molecule has 0 aromatic rings. The first-order valence-corrected chi connectivity index (χ1v) is 3.45. The molecule has 0 heterocycles. The van der Waals surface area contributed by atoms with E-state index in [0.29, 0.717) is 0 Å². The van der Waals surface area contributed by atoms with E-state index in [0.717, 1.165) is 12.3 Å². The summed E-state index contributed by atoms with van der Waals surface area (Å²) in [5, 5.41) is 0. The predicted molar refractivity (Wildman–Crippen MR) is 42.9 cm³/mol. The molecule has 0 aromatic heterocycles. The minimum atomic E-state index is 0. The summed E-state index contributed by atoms with van der Waals surface area (Å²) in [6.07, 6.45) is 3.63. The molecular weight excluding hydrogens is 134 g/mol. The summed E-state index contributed by atoms with van der Waals surface area (Å²) in [5.41, 5.74) is 6.13. The van der Waals surface area contributed by atoms with Crippen molar-refractivity contribution in [2.75, 3.05) is 0 Å². The van der Waals surface area contributed by atoms with Crippen LogP contribution in [-0.4, -0.2) is 5.54 Å². The molecule has 0 radical (unpaired) electrons. The summed E-state index contributed by atoms with van der Waals surface area (Å²) < 4.78 is 0. The van der Waals surface area contributed by atoms with Gasteiger partial charge in [0.15, 0.2) is 0 Å². The van der Waals surface area contributed by atoms with Crippen LogP contribution >= 0.6 is 12.4 Å². The van der Waals surface area contributed by atoms with Gasteiger partial charge >= 0.3 is 0 Å². The Balaban J connectivity index is 0.000000640. The molecule has 0 amide bonds. The average Bonchev–Trinajstić information content (AvgIpc) is 1.63. The molecule has 0 saturated heterocycles. The summed E-state index contributed by atoms with van der Waals surface area (Å²) in [5.74, 6) is 0.889. The predicted octanol–water partition coefficient (Wildman–Crippen LogP) is 1.95. The maximum absolute atomic E-state index is 5.89. The third-order valence-electron chi connectivity index (χ3n) is 2.21. The van der Waals surface area contributed by atoms with Gasteiger partial charge in [-0.3, -0.25) is 0 Å². The highest BCUT2D eigenvalue weighted by Crippen LogP contribution is 2.37. The van der Waals surface area contributed by atoms with Crippen LogP contribution in [0.15, 0.2) is 0 Å². The Bertz CT molecular complexity index is 86.9. The molecule has 1 aliphatic carbocycles. The second kappa shape index (κ2) is 2.89. The van der Waals surface area contributed by atoms with Crippen molar-refractivity contribution in [1.82, 2.24) is 0 Å². The molecule has 1 fully saturated rings. The Morgan fingerprint density at radius 1 is 1.56 bits per heavy atom. The van der Waals surface area contributed by atoms with E-state index in [1.807, 2.05) is 0 Å². The van der Waals surface area contributed by atoms with Gasteiger partial charge in [0, 0.05) is 5.54 Å². The zero-order valence-corrected chi connectivity index (χ0v) is 7.00. The van der Waals surface area contributed by atoms with E-state index in [2.05, 4.69) is 13.8 Å². The van der Waals surface area contributed by atoms with E-state index in [1.165, 1.54) is 12.8 Å². The van der Waals surface area contributed by atoms with E-state index in [4.69, 9.17) is 5.73 Å². The number of halogens is 1. The van der Waals surface area contributed by atoms with Gasteiger partial charge in [0.25, 0.3) is 0 Å². The Morgan fingerprint density at radius 3 is 2.11 bits per heavy atom. The molecule has 1 nitrogen and oxygen atoms in total. The van der Waals surface area contributed by atoms with Crippen LogP contribution in [-0.2, 0) is 0 Å². The minimum Gasteiger partial charge on any atom is -0.325 e. The maximum atomic E-state index is 5.89. The maximum Gasteiger partial charge on any atom is 0.0156 e. The number of rotatable bonds is 1. The largest absolute Gasteiger partial charge is 0.325 e. The average molecular weight is 150 g/mol. The van der Waals surface area contributed by atoms with Crippen LogP contribution in [0, 0.1) is 5.92 Å². The Hall–Kier alpha value is 0.250. The summed E-state index contributed by atoms with van der Waals surface area (Å²) in [4.78, 5) is 0. The van der Waals surface area contributed by atoms with Crippen molar-refractivity contribution in [3.8, 4) is 0 Å². The molecule has 2 heteroatoms. The Labute approximate surface area is 63.4 Å². The third kappa shape index (κ3) is 1.84. The van der Waals surface area contributed by atoms with E-state index in [-0.39, 0.29) is 17.9 Å². The number of hydrogen-bond acceptors (Lipinski definition) is 1. The molecule has 1 aliphatic rings. The van der Waals surface area contributed by atoms with Gasteiger partial charge in [-0.2, -0.15) is 0 Å². The smallest absolute Gasteiger partial charge is 0.0156 e. The molecule has 56 valence electrons. The molecule has 0 aromatic carbocycles. The van der Waals surface area contributed by atoms with Crippen molar-refractivity contribution in [2.24, 2.45) is 11.7 Å². The van der Waals surface area contributed by atoms with Gasteiger partial charge in [-0.25, -0.2) is 0 Å². The van der Waals surface area contributed by atoms with Crippen molar-refractivity contribution in [2.45, 2.75) is 38.6 Å². The molecule has 0 spiro atoms. The Kier molecular flexibility index (Phi) is 2.97. The molecule has 2 N–H and O–H groups in total. The molecular formula is C7H16ClN. The topological polar surface area (TPSA) is 26.0 Å². The third-order valence-corrected chi connectivity index (χ3v) is 2.21. The van der Waals surface area contributed by atoms with Gasteiger partial charge in [0.1, 0.15) is 0 Å². The van der Waals surface area contributed by atoms with Gasteiger partial charge in [-0.1, -0.05) is 13.8 Å². The van der Waals surface area contributed by atoms with Crippen LogP contribution < -0.4 is 5.73 Å². The fraction of sp³-hybridized carbons (Fsp3) is 1.00. The van der Waals surface area contributed by atoms with E-state index in [9.17, 15) is 0 Å². The normalized spacial score (nSPS) is 41.0. The number of nitrogens with two attached hydrogens (primary N) is 1. The van der Waals surface area contributed by atoms with Gasteiger partial charge in [0.2, 0.25) is 0 Å². The van der Waals surface area contributed by atoms with E-state index < -0.39 is 0 Å². The van der Waals surface area contributed by atoms with Crippen molar-refractivity contribution in [1.29, 1.82) is 0 Å².